The van der Waals surface area contributed by atoms with Crippen LogP contribution in [0.5, 0.6) is 11.5 Å². The van der Waals surface area contributed by atoms with Crippen molar-refractivity contribution in [1.82, 2.24) is 10.2 Å². The predicted octanol–water partition coefficient (Wildman–Crippen LogP) is 3.11. The second kappa shape index (κ2) is 7.48. The molecule has 1 atom stereocenters. The number of nitrogens with one attached hydrogen (secondary N) is 1. The van der Waals surface area contributed by atoms with E-state index in [9.17, 15) is 14.4 Å². The Morgan fingerprint density at radius 2 is 1.80 bits per heavy atom. The molecule has 0 aromatic heterocycles. The average molecular weight is 408 g/mol. The number of benzene rings is 2. The van der Waals surface area contributed by atoms with Crippen molar-refractivity contribution in [3.05, 3.63) is 58.7 Å². The van der Waals surface area contributed by atoms with Crippen LogP contribution in [0.3, 0.4) is 0 Å². The maximum absolute atomic E-state index is 13.2. The van der Waals surface area contributed by atoms with Crippen molar-refractivity contribution in [2.24, 2.45) is 0 Å². The molecule has 3 amide bonds. The number of urea groups is 1. The smallest absolute Gasteiger partial charge is 0.325 e. The Kier molecular flexibility index (Phi) is 4.97. The third-order valence-corrected chi connectivity index (χ3v) is 5.60. The molecule has 2 aliphatic rings. The van der Waals surface area contributed by atoms with Crippen LogP contribution in [0.1, 0.15) is 40.4 Å². The fourth-order valence-electron chi connectivity index (χ4n) is 3.78. The summed E-state index contributed by atoms with van der Waals surface area (Å²) in [5.41, 5.74) is 1.55. The normalized spacial score (nSPS) is 20.7. The van der Waals surface area contributed by atoms with E-state index in [1.807, 2.05) is 26.0 Å². The molecule has 2 aliphatic heterocycles. The number of fused-ring (bicyclic) bond motifs is 1. The van der Waals surface area contributed by atoms with Gasteiger partial charge in [0, 0.05) is 12.0 Å². The second-order valence-corrected chi connectivity index (χ2v) is 7.90. The van der Waals surface area contributed by atoms with Gasteiger partial charge in [0.1, 0.15) is 5.54 Å². The van der Waals surface area contributed by atoms with E-state index >= 15 is 0 Å². The van der Waals surface area contributed by atoms with Crippen molar-refractivity contribution < 1.29 is 23.9 Å². The molecule has 0 saturated carbocycles. The summed E-state index contributed by atoms with van der Waals surface area (Å²) in [5.74, 6) is 0.403. The zero-order valence-corrected chi connectivity index (χ0v) is 17.3. The minimum atomic E-state index is -1.29. The summed E-state index contributed by atoms with van der Waals surface area (Å²) in [4.78, 5) is 39.6. The van der Waals surface area contributed by atoms with Crippen LogP contribution < -0.4 is 14.8 Å². The zero-order valence-electron chi connectivity index (χ0n) is 17.3. The van der Waals surface area contributed by atoms with Crippen LogP contribution in [-0.2, 0) is 10.3 Å². The lowest BCUT2D eigenvalue weighted by molar-refractivity contribution is -0.130. The second-order valence-electron chi connectivity index (χ2n) is 7.90. The maximum Gasteiger partial charge on any atom is 0.325 e. The highest BCUT2D eigenvalue weighted by Crippen LogP contribution is 2.36. The third-order valence-electron chi connectivity index (χ3n) is 5.60. The molecule has 0 radical (unpaired) electrons. The van der Waals surface area contributed by atoms with Crippen LogP contribution in [0.15, 0.2) is 36.4 Å². The molecule has 0 unspecified atom stereocenters. The number of aryl methyl sites for hydroxylation is 2. The van der Waals surface area contributed by atoms with Crippen LogP contribution in [0.2, 0.25) is 0 Å². The molecular formula is C23H24N2O5. The van der Waals surface area contributed by atoms with Gasteiger partial charge in [-0.1, -0.05) is 23.8 Å². The Balaban J connectivity index is 1.60. The van der Waals surface area contributed by atoms with Crippen molar-refractivity contribution in [1.29, 1.82) is 0 Å². The van der Waals surface area contributed by atoms with Gasteiger partial charge in [0.15, 0.2) is 17.3 Å². The number of Topliss-reactive ketones (excluding diaryl/α,β-unsaturated/α-hetero) is 1. The monoisotopic (exact) mass is 408 g/mol. The van der Waals surface area contributed by atoms with Crippen molar-refractivity contribution in [3.8, 4) is 11.5 Å². The number of imide groups is 1. The third kappa shape index (κ3) is 3.40. The Morgan fingerprint density at radius 3 is 2.57 bits per heavy atom. The van der Waals surface area contributed by atoms with Gasteiger partial charge in [-0.3, -0.25) is 14.5 Å². The SMILES string of the molecule is Cc1ccc(C)c(C(=O)CN2C(=O)N[C@](C)(c3ccc4c(c3)OCCCO4)C2=O)c1. The number of ether oxygens (including phenoxy) is 2. The van der Waals surface area contributed by atoms with Crippen LogP contribution >= 0.6 is 0 Å². The van der Waals surface area contributed by atoms with Crippen molar-refractivity contribution >= 4 is 17.7 Å². The first-order valence-electron chi connectivity index (χ1n) is 9.94. The minimum Gasteiger partial charge on any atom is -0.490 e. The molecule has 4 rings (SSSR count). The topological polar surface area (TPSA) is 84.9 Å². The quantitative estimate of drug-likeness (QED) is 0.621. The fraction of sp³-hybridized carbons (Fsp3) is 0.348. The number of rotatable bonds is 4. The van der Waals surface area contributed by atoms with E-state index in [-0.39, 0.29) is 12.3 Å². The lowest BCUT2D eigenvalue weighted by atomic mass is 9.91. The molecule has 30 heavy (non-hydrogen) atoms. The molecular weight excluding hydrogens is 384 g/mol. The Labute approximate surface area is 175 Å². The highest BCUT2D eigenvalue weighted by atomic mass is 16.5. The summed E-state index contributed by atoms with van der Waals surface area (Å²) < 4.78 is 11.4. The Morgan fingerprint density at radius 1 is 1.07 bits per heavy atom. The van der Waals surface area contributed by atoms with Crippen molar-refractivity contribution in [2.45, 2.75) is 32.7 Å². The summed E-state index contributed by atoms with van der Waals surface area (Å²) in [6.45, 7) is 6.13. The number of carbonyl (C=O) groups excluding carboxylic acids is 3. The molecule has 2 aromatic carbocycles. The molecule has 1 N–H and O–H groups in total. The first kappa shape index (κ1) is 19.9. The lowest BCUT2D eigenvalue weighted by Gasteiger charge is -2.23. The van der Waals surface area contributed by atoms with E-state index in [1.54, 1.807) is 31.2 Å². The van der Waals surface area contributed by atoms with E-state index in [0.717, 1.165) is 22.4 Å². The Hall–Kier alpha value is -3.35. The van der Waals surface area contributed by atoms with Gasteiger partial charge in [0.05, 0.1) is 19.8 Å². The van der Waals surface area contributed by atoms with Gasteiger partial charge in [-0.25, -0.2) is 4.79 Å². The summed E-state index contributed by atoms with van der Waals surface area (Å²) in [6, 6.07) is 10.2. The minimum absolute atomic E-state index is 0.275. The van der Waals surface area contributed by atoms with Crippen LogP contribution in [0.25, 0.3) is 0 Å². The van der Waals surface area contributed by atoms with Crippen LogP contribution in [-0.4, -0.2) is 42.4 Å². The number of nitrogens with zero attached hydrogens (tertiary/aromatic N) is 1. The van der Waals surface area contributed by atoms with Gasteiger partial charge in [0.25, 0.3) is 5.91 Å². The molecule has 0 aliphatic carbocycles. The summed E-state index contributed by atoms with van der Waals surface area (Å²) in [7, 11) is 0. The molecule has 156 valence electrons. The summed E-state index contributed by atoms with van der Waals surface area (Å²) in [5, 5.41) is 2.74. The van der Waals surface area contributed by atoms with Gasteiger partial charge >= 0.3 is 6.03 Å². The molecule has 7 heteroatoms. The molecule has 7 nitrogen and oxygen atoms in total. The first-order valence-corrected chi connectivity index (χ1v) is 9.94. The standard InChI is InChI=1S/C23H24N2O5/c1-14-5-6-15(2)17(11-14)18(26)13-25-21(27)23(3,24-22(25)28)16-7-8-19-20(12-16)30-10-4-9-29-19/h5-8,11-12H,4,9-10,13H2,1-3H3,(H,24,28)/t23-/m1/s1. The molecule has 2 heterocycles. The fourth-order valence-corrected chi connectivity index (χ4v) is 3.78. The van der Waals surface area contributed by atoms with Gasteiger partial charge in [0.2, 0.25) is 0 Å². The maximum atomic E-state index is 13.2. The first-order chi connectivity index (χ1) is 14.3. The number of carbonyl (C=O) groups is 3. The summed E-state index contributed by atoms with van der Waals surface area (Å²) in [6.07, 6.45) is 0.769. The van der Waals surface area contributed by atoms with Gasteiger partial charge in [-0.05, 0) is 50.1 Å². The van der Waals surface area contributed by atoms with Crippen molar-refractivity contribution in [3.63, 3.8) is 0 Å². The number of amides is 3. The molecule has 0 spiro atoms. The predicted molar refractivity (Wildman–Crippen MR) is 110 cm³/mol. The van der Waals surface area contributed by atoms with E-state index in [1.165, 1.54) is 0 Å². The Bertz CT molecular complexity index is 1050. The largest absolute Gasteiger partial charge is 0.490 e. The molecule has 0 bridgehead atoms. The number of hydrogen-bond donors (Lipinski definition) is 1. The number of hydrogen-bond acceptors (Lipinski definition) is 5. The van der Waals surface area contributed by atoms with Gasteiger partial charge in [-0.15, -0.1) is 0 Å². The zero-order chi connectivity index (χ0) is 21.5. The van der Waals surface area contributed by atoms with Gasteiger partial charge < -0.3 is 14.8 Å². The van der Waals surface area contributed by atoms with E-state index in [2.05, 4.69) is 5.32 Å². The summed E-state index contributed by atoms with van der Waals surface area (Å²) >= 11 is 0. The molecule has 2 aromatic rings. The number of ketones is 1. The van der Waals surface area contributed by atoms with E-state index < -0.39 is 17.5 Å². The van der Waals surface area contributed by atoms with Crippen LogP contribution in [0.4, 0.5) is 4.79 Å². The lowest BCUT2D eigenvalue weighted by Crippen LogP contribution is -2.41. The van der Waals surface area contributed by atoms with Crippen molar-refractivity contribution in [2.75, 3.05) is 19.8 Å². The van der Waals surface area contributed by atoms with Gasteiger partial charge in [-0.2, -0.15) is 0 Å². The highest BCUT2D eigenvalue weighted by molar-refractivity contribution is 6.11. The van der Waals surface area contributed by atoms with E-state index in [0.29, 0.717) is 35.8 Å². The van der Waals surface area contributed by atoms with Crippen LogP contribution in [0, 0.1) is 13.8 Å². The highest BCUT2D eigenvalue weighted by Gasteiger charge is 2.49. The van der Waals surface area contributed by atoms with E-state index in [4.69, 9.17) is 9.47 Å². The molecule has 1 saturated heterocycles. The molecule has 1 fully saturated rings. The average Bonchev–Trinajstić information content (AvgIpc) is 2.89.